The highest BCUT2D eigenvalue weighted by Gasteiger charge is 2.28. The highest BCUT2D eigenvalue weighted by molar-refractivity contribution is 6.52. The fourth-order valence-electron chi connectivity index (χ4n) is 2.38. The molecule has 0 spiro atoms. The van der Waals surface area contributed by atoms with Crippen LogP contribution < -0.4 is 0 Å². The summed E-state index contributed by atoms with van der Waals surface area (Å²) in [5, 5.41) is 0. The molecule has 1 heterocycles. The van der Waals surface area contributed by atoms with E-state index in [1.807, 2.05) is 19.9 Å². The Hall–Kier alpha value is -2.69. The average molecular weight is 279 g/mol. The number of aliphatic imine (C=N–C) groups is 1. The molecule has 0 amide bonds. The Morgan fingerprint density at radius 3 is 2.29 bits per heavy atom. The van der Waals surface area contributed by atoms with Gasteiger partial charge in [-0.25, -0.2) is 15.0 Å². The number of benzene rings is 1. The summed E-state index contributed by atoms with van der Waals surface area (Å²) in [5.41, 5.74) is 2.61. The Kier molecular flexibility index (Phi) is 3.17. The summed E-state index contributed by atoms with van der Waals surface area (Å²) in [5.74, 6) is -0.107. The van der Waals surface area contributed by atoms with Crippen LogP contribution in [0.1, 0.15) is 38.5 Å². The van der Waals surface area contributed by atoms with Gasteiger partial charge in [-0.3, -0.25) is 9.59 Å². The van der Waals surface area contributed by atoms with Gasteiger partial charge < -0.3 is 0 Å². The van der Waals surface area contributed by atoms with Gasteiger partial charge in [0.05, 0.1) is 6.42 Å². The van der Waals surface area contributed by atoms with Crippen LogP contribution in [-0.2, 0) is 0 Å². The largest absolute Gasteiger partial charge is 0.294 e. The Balaban J connectivity index is 2.06. The number of carbonyl (C=O) groups is 2. The lowest BCUT2D eigenvalue weighted by molar-refractivity contribution is 0.0965. The minimum Gasteiger partial charge on any atom is -0.294 e. The van der Waals surface area contributed by atoms with Crippen molar-refractivity contribution in [3.63, 3.8) is 0 Å². The summed E-state index contributed by atoms with van der Waals surface area (Å²) in [4.78, 5) is 37.0. The second kappa shape index (κ2) is 5.01. The maximum Gasteiger partial charge on any atom is 0.250 e. The summed E-state index contributed by atoms with van der Waals surface area (Å²) in [6, 6.07) is 8.62. The second-order valence-corrected chi connectivity index (χ2v) is 4.98. The van der Waals surface area contributed by atoms with Gasteiger partial charge in [0, 0.05) is 22.5 Å². The van der Waals surface area contributed by atoms with E-state index in [1.165, 1.54) is 0 Å². The zero-order valence-corrected chi connectivity index (χ0v) is 11.8. The molecule has 1 aliphatic carbocycles. The number of ketones is 2. The lowest BCUT2D eigenvalue weighted by Gasteiger charge is -2.14. The SMILES string of the molecule is Cc1cc(C)nc(N=C2CC(=O)c3ccccc3C2=O)n1. The molecule has 104 valence electrons. The van der Waals surface area contributed by atoms with E-state index in [0.717, 1.165) is 11.4 Å². The predicted octanol–water partition coefficient (Wildman–Crippen LogP) is 2.64. The number of hydrogen-bond acceptors (Lipinski definition) is 5. The molecule has 3 rings (SSSR count). The van der Waals surface area contributed by atoms with Crippen LogP contribution in [0.25, 0.3) is 0 Å². The van der Waals surface area contributed by atoms with E-state index in [4.69, 9.17) is 0 Å². The first kappa shape index (κ1) is 13.3. The molecule has 0 unspecified atom stereocenters. The molecule has 5 heteroatoms. The predicted molar refractivity (Wildman–Crippen MR) is 78.3 cm³/mol. The molecule has 1 aromatic heterocycles. The van der Waals surface area contributed by atoms with Gasteiger partial charge >= 0.3 is 0 Å². The topological polar surface area (TPSA) is 72.3 Å². The summed E-state index contributed by atoms with van der Waals surface area (Å²) in [6.07, 6.45) is -0.00774. The van der Waals surface area contributed by atoms with Crippen molar-refractivity contribution in [1.82, 2.24) is 9.97 Å². The van der Waals surface area contributed by atoms with Crippen LogP contribution in [0, 0.1) is 13.8 Å². The van der Waals surface area contributed by atoms with Crippen LogP contribution >= 0.6 is 0 Å². The summed E-state index contributed by atoms with van der Waals surface area (Å²) >= 11 is 0. The Labute approximate surface area is 121 Å². The summed E-state index contributed by atoms with van der Waals surface area (Å²) in [6.45, 7) is 3.67. The fourth-order valence-corrected chi connectivity index (χ4v) is 2.38. The van der Waals surface area contributed by atoms with Gasteiger partial charge in [0.2, 0.25) is 11.7 Å². The Morgan fingerprint density at radius 1 is 1.00 bits per heavy atom. The van der Waals surface area contributed by atoms with Gasteiger partial charge in [-0.15, -0.1) is 0 Å². The third-order valence-electron chi connectivity index (χ3n) is 3.27. The van der Waals surface area contributed by atoms with Crippen LogP contribution in [0.2, 0.25) is 0 Å². The van der Waals surface area contributed by atoms with Crippen molar-refractivity contribution >= 4 is 23.2 Å². The molecule has 5 nitrogen and oxygen atoms in total. The van der Waals surface area contributed by atoms with Gasteiger partial charge in [-0.2, -0.15) is 0 Å². The van der Waals surface area contributed by atoms with Crippen LogP contribution in [0.15, 0.2) is 35.3 Å². The zero-order valence-electron chi connectivity index (χ0n) is 11.8. The molecule has 0 N–H and O–H groups in total. The number of rotatable bonds is 1. The first-order chi connectivity index (χ1) is 10.0. The number of carbonyl (C=O) groups excluding carboxylic acids is 2. The molecule has 0 aliphatic heterocycles. The number of Topliss-reactive ketones (excluding diaryl/α,β-unsaturated/α-hetero) is 2. The van der Waals surface area contributed by atoms with Crippen LogP contribution in [0.3, 0.4) is 0 Å². The summed E-state index contributed by atoms with van der Waals surface area (Å²) in [7, 11) is 0. The van der Waals surface area contributed by atoms with Crippen molar-refractivity contribution in [3.8, 4) is 0 Å². The molecule has 0 bridgehead atoms. The molecule has 0 saturated carbocycles. The quantitative estimate of drug-likeness (QED) is 0.804. The van der Waals surface area contributed by atoms with Crippen molar-refractivity contribution in [2.45, 2.75) is 20.3 Å². The smallest absolute Gasteiger partial charge is 0.250 e. The van der Waals surface area contributed by atoms with E-state index < -0.39 is 0 Å². The molecular weight excluding hydrogens is 266 g/mol. The number of nitrogens with zero attached hydrogens (tertiary/aromatic N) is 3. The monoisotopic (exact) mass is 279 g/mol. The van der Waals surface area contributed by atoms with Crippen LogP contribution in [0.5, 0.6) is 0 Å². The fraction of sp³-hybridized carbons (Fsp3) is 0.188. The minimum atomic E-state index is -0.229. The first-order valence-electron chi connectivity index (χ1n) is 6.61. The molecule has 0 fully saturated rings. The third-order valence-corrected chi connectivity index (χ3v) is 3.27. The highest BCUT2D eigenvalue weighted by Crippen LogP contribution is 2.21. The van der Waals surface area contributed by atoms with Crippen molar-refractivity contribution in [1.29, 1.82) is 0 Å². The van der Waals surface area contributed by atoms with E-state index in [1.54, 1.807) is 24.3 Å². The van der Waals surface area contributed by atoms with Gasteiger partial charge in [0.15, 0.2) is 5.78 Å². The van der Waals surface area contributed by atoms with Crippen molar-refractivity contribution in [3.05, 3.63) is 52.8 Å². The van der Waals surface area contributed by atoms with E-state index in [9.17, 15) is 9.59 Å². The highest BCUT2D eigenvalue weighted by atomic mass is 16.1. The molecular formula is C16H13N3O2. The Bertz CT molecular complexity index is 774. The molecule has 21 heavy (non-hydrogen) atoms. The van der Waals surface area contributed by atoms with E-state index in [2.05, 4.69) is 15.0 Å². The number of fused-ring (bicyclic) bond motifs is 1. The standard InChI is InChI=1S/C16H13N3O2/c1-9-7-10(2)18-16(17-9)19-13-8-14(20)11-5-3-4-6-12(11)15(13)21/h3-7H,8H2,1-2H3. The molecule has 0 saturated heterocycles. The van der Waals surface area contributed by atoms with Gasteiger partial charge in [-0.1, -0.05) is 24.3 Å². The minimum absolute atomic E-state index is 0.00774. The molecule has 0 atom stereocenters. The van der Waals surface area contributed by atoms with E-state index in [-0.39, 0.29) is 29.6 Å². The van der Waals surface area contributed by atoms with Gasteiger partial charge in [0.25, 0.3) is 0 Å². The first-order valence-corrected chi connectivity index (χ1v) is 6.61. The maximum absolute atomic E-state index is 12.4. The average Bonchev–Trinajstić information content (AvgIpc) is 2.43. The number of aromatic nitrogens is 2. The lowest BCUT2D eigenvalue weighted by Crippen LogP contribution is -2.27. The van der Waals surface area contributed by atoms with Crippen molar-refractivity contribution in [2.24, 2.45) is 4.99 Å². The van der Waals surface area contributed by atoms with Crippen molar-refractivity contribution in [2.75, 3.05) is 0 Å². The van der Waals surface area contributed by atoms with Gasteiger partial charge in [-0.05, 0) is 19.9 Å². The molecule has 1 aliphatic rings. The van der Waals surface area contributed by atoms with Gasteiger partial charge in [0.1, 0.15) is 5.71 Å². The second-order valence-electron chi connectivity index (χ2n) is 4.98. The van der Waals surface area contributed by atoms with Crippen LogP contribution in [-0.4, -0.2) is 27.2 Å². The third kappa shape index (κ3) is 2.50. The molecule has 1 aromatic carbocycles. The number of hydrogen-bond donors (Lipinski definition) is 0. The normalized spacial score (nSPS) is 16.2. The lowest BCUT2D eigenvalue weighted by atomic mass is 9.88. The number of aryl methyl sites for hydroxylation is 2. The van der Waals surface area contributed by atoms with Crippen LogP contribution in [0.4, 0.5) is 5.95 Å². The van der Waals surface area contributed by atoms with E-state index >= 15 is 0 Å². The van der Waals surface area contributed by atoms with E-state index in [0.29, 0.717) is 11.1 Å². The molecule has 2 aromatic rings. The summed E-state index contributed by atoms with van der Waals surface area (Å²) < 4.78 is 0. The van der Waals surface area contributed by atoms with Crippen molar-refractivity contribution < 1.29 is 9.59 Å². The Morgan fingerprint density at radius 2 is 1.62 bits per heavy atom. The zero-order chi connectivity index (χ0) is 15.0. The maximum atomic E-state index is 12.4. The molecule has 0 radical (unpaired) electrons.